The van der Waals surface area contributed by atoms with Gasteiger partial charge in [-0.25, -0.2) is 4.98 Å². The van der Waals surface area contributed by atoms with Crippen molar-refractivity contribution >= 4 is 17.0 Å². The van der Waals surface area contributed by atoms with Crippen LogP contribution in [0.3, 0.4) is 0 Å². The fourth-order valence-electron chi connectivity index (χ4n) is 2.82. The van der Waals surface area contributed by atoms with E-state index in [0.29, 0.717) is 11.6 Å². The molecule has 0 bridgehead atoms. The lowest BCUT2D eigenvalue weighted by Gasteiger charge is -2.14. The highest BCUT2D eigenvalue weighted by Crippen LogP contribution is 2.23. The molecule has 7 nitrogen and oxygen atoms in total. The Kier molecular flexibility index (Phi) is 3.96. The lowest BCUT2D eigenvalue weighted by atomic mass is 10.0. The third-order valence-corrected chi connectivity index (χ3v) is 4.27. The summed E-state index contributed by atoms with van der Waals surface area (Å²) in [7, 11) is 1.90. The van der Waals surface area contributed by atoms with Gasteiger partial charge >= 0.3 is 0 Å². The molecular weight excluding hydrogens is 328 g/mol. The molecule has 4 rings (SSSR count). The van der Waals surface area contributed by atoms with Gasteiger partial charge in [-0.2, -0.15) is 10.1 Å². The molecule has 26 heavy (non-hydrogen) atoms. The number of aromatic amines is 1. The number of nitrogens with one attached hydrogen (secondary N) is 2. The minimum atomic E-state index is -0.179. The van der Waals surface area contributed by atoms with Crippen molar-refractivity contribution in [3.8, 4) is 11.1 Å². The minimum absolute atomic E-state index is 0.0193. The molecule has 3 heterocycles. The van der Waals surface area contributed by atoms with Crippen LogP contribution in [0.25, 0.3) is 22.2 Å². The van der Waals surface area contributed by atoms with E-state index in [1.807, 2.05) is 26.4 Å². The lowest BCUT2D eigenvalue weighted by molar-refractivity contribution is 0.768. The first kappa shape index (κ1) is 16.0. The Morgan fingerprint density at radius 1 is 1.08 bits per heavy atom. The highest BCUT2D eigenvalue weighted by Gasteiger charge is 2.09. The van der Waals surface area contributed by atoms with E-state index in [9.17, 15) is 4.79 Å². The largest absolute Gasteiger partial charge is 0.348 e. The Bertz CT molecular complexity index is 1110. The molecule has 1 atom stereocenters. The van der Waals surface area contributed by atoms with Gasteiger partial charge in [0.25, 0.3) is 0 Å². The zero-order valence-corrected chi connectivity index (χ0v) is 14.5. The van der Waals surface area contributed by atoms with E-state index in [2.05, 4.69) is 49.6 Å². The van der Waals surface area contributed by atoms with E-state index >= 15 is 0 Å². The standard InChI is InChI=1S/C19H18N6O/c1-12(13-3-5-14(6-4-13)16-10-21-25(2)11-16)22-19-20-9-15-7-8-17(26)23-18(15)24-19/h3-12H,1-2H3,(H2,20,22,23,24,26)/t12-/m0/s1. The first-order chi connectivity index (χ1) is 12.6. The third kappa shape index (κ3) is 3.19. The molecule has 3 aromatic heterocycles. The van der Waals surface area contributed by atoms with Crippen molar-refractivity contribution in [3.05, 3.63) is 70.9 Å². The van der Waals surface area contributed by atoms with Crippen molar-refractivity contribution in [2.75, 3.05) is 5.32 Å². The number of anilines is 1. The molecule has 0 unspecified atom stereocenters. The molecule has 0 aliphatic rings. The van der Waals surface area contributed by atoms with Crippen LogP contribution in [0.4, 0.5) is 5.95 Å². The fraction of sp³-hybridized carbons (Fsp3) is 0.158. The summed E-state index contributed by atoms with van der Waals surface area (Å²) in [6, 6.07) is 11.5. The monoisotopic (exact) mass is 346 g/mol. The SMILES string of the molecule is C[C@H](Nc1ncc2ccc(=O)[nH]c2n1)c1ccc(-c2cnn(C)c2)cc1. The Morgan fingerprint density at radius 2 is 1.88 bits per heavy atom. The summed E-state index contributed by atoms with van der Waals surface area (Å²) < 4.78 is 1.79. The van der Waals surface area contributed by atoms with Gasteiger partial charge in [0.05, 0.1) is 12.2 Å². The number of hydrogen-bond acceptors (Lipinski definition) is 5. The first-order valence-corrected chi connectivity index (χ1v) is 8.30. The molecule has 0 aliphatic heterocycles. The first-order valence-electron chi connectivity index (χ1n) is 8.30. The lowest BCUT2D eigenvalue weighted by Crippen LogP contribution is -2.11. The molecule has 0 aliphatic carbocycles. The topological polar surface area (TPSA) is 88.5 Å². The van der Waals surface area contributed by atoms with Gasteiger partial charge in [0, 0.05) is 36.5 Å². The van der Waals surface area contributed by atoms with Gasteiger partial charge in [0.1, 0.15) is 5.65 Å². The van der Waals surface area contributed by atoms with E-state index in [1.54, 1.807) is 16.9 Å². The molecule has 130 valence electrons. The smallest absolute Gasteiger partial charge is 0.249 e. The average Bonchev–Trinajstić information content (AvgIpc) is 3.08. The minimum Gasteiger partial charge on any atom is -0.348 e. The number of rotatable bonds is 4. The van der Waals surface area contributed by atoms with Gasteiger partial charge in [0.15, 0.2) is 0 Å². The summed E-state index contributed by atoms with van der Waals surface area (Å²) in [4.78, 5) is 22.9. The van der Waals surface area contributed by atoms with E-state index in [0.717, 1.165) is 22.1 Å². The van der Waals surface area contributed by atoms with Crippen molar-refractivity contribution in [1.82, 2.24) is 24.7 Å². The number of aromatic nitrogens is 5. The van der Waals surface area contributed by atoms with Crippen molar-refractivity contribution in [1.29, 1.82) is 0 Å². The number of hydrogen-bond donors (Lipinski definition) is 2. The Labute approximate surface area is 149 Å². The van der Waals surface area contributed by atoms with Crippen LogP contribution in [-0.4, -0.2) is 24.7 Å². The molecular formula is C19H18N6O. The highest BCUT2D eigenvalue weighted by atomic mass is 16.1. The molecule has 0 amide bonds. The summed E-state index contributed by atoms with van der Waals surface area (Å²) in [6.07, 6.45) is 5.53. The number of pyridine rings is 1. The average molecular weight is 346 g/mol. The zero-order chi connectivity index (χ0) is 18.1. The van der Waals surface area contributed by atoms with Crippen molar-refractivity contribution in [2.24, 2.45) is 7.05 Å². The van der Waals surface area contributed by atoms with E-state index in [-0.39, 0.29) is 11.6 Å². The van der Waals surface area contributed by atoms with Crippen LogP contribution in [-0.2, 0) is 7.05 Å². The Hall–Kier alpha value is -3.48. The van der Waals surface area contributed by atoms with E-state index in [1.165, 1.54) is 6.07 Å². The maximum atomic E-state index is 11.4. The molecule has 0 spiro atoms. The third-order valence-electron chi connectivity index (χ3n) is 4.27. The van der Waals surface area contributed by atoms with Gasteiger partial charge < -0.3 is 10.3 Å². The number of nitrogens with zero attached hydrogens (tertiary/aromatic N) is 4. The molecule has 4 aromatic rings. The van der Waals surface area contributed by atoms with Gasteiger partial charge in [0.2, 0.25) is 11.5 Å². The maximum absolute atomic E-state index is 11.4. The van der Waals surface area contributed by atoms with Gasteiger partial charge in [-0.3, -0.25) is 9.48 Å². The van der Waals surface area contributed by atoms with Gasteiger partial charge in [-0.1, -0.05) is 24.3 Å². The predicted octanol–water partition coefficient (Wildman–Crippen LogP) is 2.89. The van der Waals surface area contributed by atoms with Crippen LogP contribution in [0.2, 0.25) is 0 Å². The second kappa shape index (κ2) is 6.44. The fourth-order valence-corrected chi connectivity index (χ4v) is 2.82. The summed E-state index contributed by atoms with van der Waals surface area (Å²) >= 11 is 0. The highest BCUT2D eigenvalue weighted by molar-refractivity contribution is 5.74. The number of H-pyrrole nitrogens is 1. The van der Waals surface area contributed by atoms with Crippen molar-refractivity contribution < 1.29 is 0 Å². The van der Waals surface area contributed by atoms with Gasteiger partial charge in [-0.05, 0) is 24.1 Å². The molecule has 0 saturated heterocycles. The number of benzene rings is 1. The summed E-state index contributed by atoms with van der Waals surface area (Å²) in [5.74, 6) is 0.475. The van der Waals surface area contributed by atoms with Crippen LogP contribution in [0.15, 0.2) is 59.8 Å². The van der Waals surface area contributed by atoms with E-state index in [4.69, 9.17) is 0 Å². The van der Waals surface area contributed by atoms with E-state index < -0.39 is 0 Å². The van der Waals surface area contributed by atoms with Crippen molar-refractivity contribution in [3.63, 3.8) is 0 Å². The predicted molar refractivity (Wildman–Crippen MR) is 101 cm³/mol. The second-order valence-corrected chi connectivity index (χ2v) is 6.21. The van der Waals surface area contributed by atoms with Crippen LogP contribution in [0.5, 0.6) is 0 Å². The molecule has 2 N–H and O–H groups in total. The molecule has 0 fully saturated rings. The molecule has 1 aromatic carbocycles. The maximum Gasteiger partial charge on any atom is 0.249 e. The molecule has 0 saturated carbocycles. The quantitative estimate of drug-likeness (QED) is 0.593. The number of fused-ring (bicyclic) bond motifs is 1. The van der Waals surface area contributed by atoms with Gasteiger partial charge in [-0.15, -0.1) is 0 Å². The normalized spacial score (nSPS) is 12.2. The molecule has 7 heteroatoms. The zero-order valence-electron chi connectivity index (χ0n) is 14.5. The summed E-state index contributed by atoms with van der Waals surface area (Å²) in [6.45, 7) is 2.04. The van der Waals surface area contributed by atoms with Crippen LogP contribution < -0.4 is 10.9 Å². The summed E-state index contributed by atoms with van der Waals surface area (Å²) in [5, 5.41) is 8.27. The van der Waals surface area contributed by atoms with Crippen LogP contribution >= 0.6 is 0 Å². The Morgan fingerprint density at radius 3 is 2.62 bits per heavy atom. The van der Waals surface area contributed by atoms with Crippen LogP contribution in [0, 0.1) is 0 Å². The number of aryl methyl sites for hydroxylation is 1. The van der Waals surface area contributed by atoms with Crippen molar-refractivity contribution in [2.45, 2.75) is 13.0 Å². The second-order valence-electron chi connectivity index (χ2n) is 6.21. The molecule has 0 radical (unpaired) electrons. The summed E-state index contributed by atoms with van der Waals surface area (Å²) in [5.41, 5.74) is 3.66. The van der Waals surface area contributed by atoms with Crippen LogP contribution in [0.1, 0.15) is 18.5 Å². The Balaban J connectivity index is 1.54.